The molecule has 2 N–H and O–H groups in total. The average molecular weight is 366 g/mol. The maximum Gasteiger partial charge on any atom is 0.110 e. The molecule has 0 fully saturated rings. The Kier molecular flexibility index (Phi) is 3.87. The molecule has 0 radical (unpaired) electrons. The predicted octanol–water partition coefficient (Wildman–Crippen LogP) is 5.20. The molecule has 1 unspecified atom stereocenters. The Morgan fingerprint density at radius 1 is 0.750 bits per heavy atom. The molecule has 0 bridgehead atoms. The van der Waals surface area contributed by atoms with Gasteiger partial charge in [-0.2, -0.15) is 0 Å². The third kappa shape index (κ3) is 2.42. The van der Waals surface area contributed by atoms with E-state index in [1.165, 1.54) is 22.3 Å². The van der Waals surface area contributed by atoms with Crippen LogP contribution in [0.15, 0.2) is 84.9 Å². The predicted molar refractivity (Wildman–Crippen MR) is 113 cm³/mol. The molecule has 0 amide bonds. The van der Waals surface area contributed by atoms with E-state index in [-0.39, 0.29) is 12.5 Å². The summed E-state index contributed by atoms with van der Waals surface area (Å²) < 4.78 is 0. The first kappa shape index (κ1) is 17.2. The van der Waals surface area contributed by atoms with Crippen LogP contribution in [0, 0.1) is 0 Å². The van der Waals surface area contributed by atoms with E-state index < -0.39 is 5.60 Å². The van der Waals surface area contributed by atoms with Crippen molar-refractivity contribution in [3.8, 4) is 11.1 Å². The van der Waals surface area contributed by atoms with Gasteiger partial charge in [-0.3, -0.25) is 0 Å². The molecule has 0 saturated carbocycles. The Morgan fingerprint density at radius 2 is 1.32 bits per heavy atom. The molecule has 0 aliphatic heterocycles. The Bertz CT molecular complexity index is 1140. The van der Waals surface area contributed by atoms with E-state index in [0.29, 0.717) is 0 Å². The van der Waals surface area contributed by atoms with Crippen LogP contribution in [-0.2, 0) is 5.60 Å². The van der Waals surface area contributed by atoms with Crippen molar-refractivity contribution >= 4 is 10.8 Å². The van der Waals surface area contributed by atoms with E-state index >= 15 is 0 Å². The number of rotatable bonds is 3. The van der Waals surface area contributed by atoms with E-state index in [1.54, 1.807) is 6.92 Å². The van der Waals surface area contributed by atoms with Crippen molar-refractivity contribution in [2.24, 2.45) is 0 Å². The molecule has 2 nitrogen and oxygen atoms in total. The van der Waals surface area contributed by atoms with Crippen molar-refractivity contribution in [3.05, 3.63) is 107 Å². The number of hydrogen-bond acceptors (Lipinski definition) is 2. The fraction of sp³-hybridized carbons (Fsp3) is 0.154. The fourth-order valence-electron chi connectivity index (χ4n) is 4.63. The molecule has 138 valence electrons. The summed E-state index contributed by atoms with van der Waals surface area (Å²) in [5.41, 5.74) is 5.52. The summed E-state index contributed by atoms with van der Waals surface area (Å²) in [7, 11) is 0. The van der Waals surface area contributed by atoms with Crippen LogP contribution in [0.3, 0.4) is 0 Å². The maximum absolute atomic E-state index is 11.0. The summed E-state index contributed by atoms with van der Waals surface area (Å²) in [6, 6.07) is 29.3. The molecule has 0 aromatic heterocycles. The zero-order valence-electron chi connectivity index (χ0n) is 15.8. The fourth-order valence-corrected chi connectivity index (χ4v) is 4.63. The maximum atomic E-state index is 11.0. The van der Waals surface area contributed by atoms with Gasteiger partial charge in [0.05, 0.1) is 6.61 Å². The Balaban J connectivity index is 1.91. The zero-order valence-corrected chi connectivity index (χ0v) is 15.8. The van der Waals surface area contributed by atoms with Gasteiger partial charge in [-0.15, -0.1) is 0 Å². The van der Waals surface area contributed by atoms with Gasteiger partial charge in [0, 0.05) is 5.92 Å². The third-order valence-corrected chi connectivity index (χ3v) is 5.98. The minimum atomic E-state index is -1.31. The number of benzene rings is 4. The molecular weight excluding hydrogens is 344 g/mol. The van der Waals surface area contributed by atoms with E-state index in [4.69, 9.17) is 0 Å². The quantitative estimate of drug-likeness (QED) is 0.461. The van der Waals surface area contributed by atoms with E-state index in [2.05, 4.69) is 60.7 Å². The summed E-state index contributed by atoms with van der Waals surface area (Å²) in [5, 5.41) is 23.2. The molecule has 1 atom stereocenters. The molecule has 28 heavy (non-hydrogen) atoms. The Labute approximate surface area is 164 Å². The van der Waals surface area contributed by atoms with Crippen molar-refractivity contribution < 1.29 is 10.2 Å². The molecule has 1 aliphatic rings. The molecule has 0 heterocycles. The van der Waals surface area contributed by atoms with Crippen molar-refractivity contribution in [1.82, 2.24) is 0 Å². The highest BCUT2D eigenvalue weighted by Gasteiger charge is 2.35. The van der Waals surface area contributed by atoms with Crippen LogP contribution in [0.4, 0.5) is 0 Å². The van der Waals surface area contributed by atoms with Gasteiger partial charge in [0.1, 0.15) is 5.60 Å². The number of aliphatic hydroxyl groups excluding tert-OH is 1. The number of aliphatic hydroxyl groups is 2. The lowest BCUT2D eigenvalue weighted by Gasteiger charge is -2.29. The van der Waals surface area contributed by atoms with E-state index in [9.17, 15) is 10.2 Å². The minimum absolute atomic E-state index is 0.0199. The molecule has 4 aromatic carbocycles. The highest BCUT2D eigenvalue weighted by molar-refractivity contribution is 5.91. The van der Waals surface area contributed by atoms with Crippen LogP contribution in [0.2, 0.25) is 0 Å². The van der Waals surface area contributed by atoms with Crippen LogP contribution in [0.1, 0.15) is 35.1 Å². The van der Waals surface area contributed by atoms with Crippen molar-refractivity contribution in [2.75, 3.05) is 6.61 Å². The summed E-state index contributed by atoms with van der Waals surface area (Å²) in [6.07, 6.45) is 0. The molecule has 2 heteroatoms. The normalized spacial score (nSPS) is 15.2. The number of hydrogen-bond donors (Lipinski definition) is 2. The van der Waals surface area contributed by atoms with Crippen LogP contribution in [0.5, 0.6) is 0 Å². The van der Waals surface area contributed by atoms with Gasteiger partial charge in [0.25, 0.3) is 0 Å². The van der Waals surface area contributed by atoms with Gasteiger partial charge < -0.3 is 10.2 Å². The zero-order chi connectivity index (χ0) is 19.3. The first-order valence-electron chi connectivity index (χ1n) is 9.65. The van der Waals surface area contributed by atoms with Crippen LogP contribution in [0.25, 0.3) is 21.9 Å². The number of fused-ring (bicyclic) bond motifs is 4. The molecule has 1 aliphatic carbocycles. The smallest absolute Gasteiger partial charge is 0.110 e. The SMILES string of the molecule is CC(O)(CO)c1ccc2ccccc2c1C1c2ccccc2-c2ccccc21. The Morgan fingerprint density at radius 3 is 1.96 bits per heavy atom. The topological polar surface area (TPSA) is 40.5 Å². The average Bonchev–Trinajstić information content (AvgIpc) is 3.07. The second-order valence-electron chi connectivity index (χ2n) is 7.79. The van der Waals surface area contributed by atoms with Gasteiger partial charge in [0.2, 0.25) is 0 Å². The lowest BCUT2D eigenvalue weighted by atomic mass is 9.79. The van der Waals surface area contributed by atoms with E-state index in [0.717, 1.165) is 21.9 Å². The summed E-state index contributed by atoms with van der Waals surface area (Å²) in [4.78, 5) is 0. The Hall–Kier alpha value is -2.94. The van der Waals surface area contributed by atoms with Gasteiger partial charge >= 0.3 is 0 Å². The molecule has 4 aromatic rings. The van der Waals surface area contributed by atoms with Crippen molar-refractivity contribution in [2.45, 2.75) is 18.4 Å². The van der Waals surface area contributed by atoms with Crippen LogP contribution < -0.4 is 0 Å². The van der Waals surface area contributed by atoms with Crippen molar-refractivity contribution in [3.63, 3.8) is 0 Å². The highest BCUT2D eigenvalue weighted by atomic mass is 16.3. The highest BCUT2D eigenvalue weighted by Crippen LogP contribution is 2.51. The van der Waals surface area contributed by atoms with Gasteiger partial charge in [0.15, 0.2) is 0 Å². The summed E-state index contributed by atoms with van der Waals surface area (Å²) in [6.45, 7) is 1.36. The summed E-state index contributed by atoms with van der Waals surface area (Å²) >= 11 is 0. The minimum Gasteiger partial charge on any atom is -0.393 e. The first-order chi connectivity index (χ1) is 13.6. The second kappa shape index (κ2) is 6.30. The van der Waals surface area contributed by atoms with E-state index in [1.807, 2.05) is 24.3 Å². The molecule has 5 rings (SSSR count). The van der Waals surface area contributed by atoms with Crippen LogP contribution >= 0.6 is 0 Å². The lowest BCUT2D eigenvalue weighted by molar-refractivity contribution is -0.00289. The molecule has 0 spiro atoms. The largest absolute Gasteiger partial charge is 0.393 e. The third-order valence-electron chi connectivity index (χ3n) is 5.98. The van der Waals surface area contributed by atoms with Gasteiger partial charge in [-0.1, -0.05) is 84.9 Å². The van der Waals surface area contributed by atoms with Crippen molar-refractivity contribution in [1.29, 1.82) is 0 Å². The second-order valence-corrected chi connectivity index (χ2v) is 7.79. The standard InChI is InChI=1S/C26H22O2/c1-26(28,16-27)23-15-14-17-8-2-3-9-18(17)25(23)24-21-12-6-4-10-19(21)20-11-5-7-13-22(20)24/h2-15,24,27-28H,16H2,1H3. The first-order valence-corrected chi connectivity index (χ1v) is 9.65. The molecular formula is C26H22O2. The molecule has 0 saturated heterocycles. The van der Waals surface area contributed by atoms with Gasteiger partial charge in [-0.05, 0) is 51.1 Å². The van der Waals surface area contributed by atoms with Crippen LogP contribution in [-0.4, -0.2) is 16.8 Å². The monoisotopic (exact) mass is 366 g/mol. The summed E-state index contributed by atoms with van der Waals surface area (Å²) in [5.74, 6) is 0.0199. The van der Waals surface area contributed by atoms with Gasteiger partial charge in [-0.25, -0.2) is 0 Å². The lowest BCUT2D eigenvalue weighted by Crippen LogP contribution is -2.28.